The standard InChI is InChI=1S/C24H28FN5O2.3C2HF3O2/c1-29(2)8-9-30(3)22-12-16(19-13-26-27-14-19)4-6-21(22)28-24(31)18-10-17-11-20(25)5-7-23(17)32-15-18;3*3-2(4,5)1(6)7/h4-7,11-14,18H,8-10,15H2,1-3H3,(H,26,27)(H,28,31);3*(H,6,7). The molecule has 294 valence electrons. The molecule has 0 saturated heterocycles. The van der Waals surface area contributed by atoms with Crippen molar-refractivity contribution in [1.29, 1.82) is 0 Å². The number of fused-ring (bicyclic) bond motifs is 1. The number of alkyl halides is 9. The molecule has 1 amide bonds. The van der Waals surface area contributed by atoms with E-state index in [1.807, 2.05) is 39.5 Å². The number of aliphatic carboxylic acids is 3. The number of ether oxygens (including phenoxy) is 1. The minimum absolute atomic E-state index is 0.141. The number of benzene rings is 2. The van der Waals surface area contributed by atoms with Crippen LogP contribution in [0, 0.1) is 11.7 Å². The number of aromatic amines is 1. The third-order valence-corrected chi connectivity index (χ3v) is 6.41. The predicted molar refractivity (Wildman–Crippen MR) is 165 cm³/mol. The number of halogens is 10. The number of carbonyl (C=O) groups is 4. The Kier molecular flexibility index (Phi) is 16.5. The minimum atomic E-state index is -5.08. The van der Waals surface area contributed by atoms with E-state index in [0.717, 1.165) is 41.2 Å². The quantitative estimate of drug-likeness (QED) is 0.196. The van der Waals surface area contributed by atoms with Crippen molar-refractivity contribution in [3.63, 3.8) is 0 Å². The number of H-pyrrole nitrogens is 1. The number of aromatic nitrogens is 2. The van der Waals surface area contributed by atoms with Crippen molar-refractivity contribution in [2.45, 2.75) is 24.9 Å². The van der Waals surface area contributed by atoms with Crippen LogP contribution in [0.2, 0.25) is 0 Å². The molecule has 2 aromatic carbocycles. The topological polar surface area (TPSA) is 185 Å². The molecule has 0 aliphatic carbocycles. The summed E-state index contributed by atoms with van der Waals surface area (Å²) in [5, 5.41) is 31.3. The lowest BCUT2D eigenvalue weighted by Gasteiger charge is -2.27. The van der Waals surface area contributed by atoms with Gasteiger partial charge in [0.1, 0.15) is 18.2 Å². The largest absolute Gasteiger partial charge is 0.492 e. The summed E-state index contributed by atoms with van der Waals surface area (Å²) in [5.41, 5.74) is 4.35. The van der Waals surface area contributed by atoms with E-state index in [1.165, 1.54) is 12.1 Å². The van der Waals surface area contributed by atoms with E-state index in [-0.39, 0.29) is 18.3 Å². The molecule has 0 fully saturated rings. The van der Waals surface area contributed by atoms with Gasteiger partial charge in [-0.15, -0.1) is 0 Å². The summed E-state index contributed by atoms with van der Waals surface area (Å²) >= 11 is 0. The molecule has 53 heavy (non-hydrogen) atoms. The molecule has 3 aromatic rings. The Morgan fingerprint density at radius 2 is 1.36 bits per heavy atom. The average molecular weight is 780 g/mol. The normalized spacial score (nSPS) is 13.7. The zero-order chi connectivity index (χ0) is 40.9. The highest BCUT2D eigenvalue weighted by Crippen LogP contribution is 2.33. The molecular formula is C30H31F10N5O8. The number of hydrogen-bond donors (Lipinski definition) is 5. The summed E-state index contributed by atoms with van der Waals surface area (Å²) in [5.74, 6) is -8.49. The molecule has 0 radical (unpaired) electrons. The van der Waals surface area contributed by atoms with E-state index in [4.69, 9.17) is 34.4 Å². The molecule has 0 spiro atoms. The predicted octanol–water partition coefficient (Wildman–Crippen LogP) is 5.30. The second-order valence-corrected chi connectivity index (χ2v) is 10.8. The van der Waals surface area contributed by atoms with Crippen molar-refractivity contribution in [3.05, 3.63) is 60.2 Å². The van der Waals surface area contributed by atoms with Crippen LogP contribution in [0.1, 0.15) is 5.56 Å². The fraction of sp³-hybridized carbons (Fsp3) is 0.367. The van der Waals surface area contributed by atoms with Gasteiger partial charge in [0.25, 0.3) is 0 Å². The number of carbonyl (C=O) groups excluding carboxylic acids is 1. The van der Waals surface area contributed by atoms with Crippen LogP contribution in [0.4, 0.5) is 55.3 Å². The maximum Gasteiger partial charge on any atom is 0.490 e. The van der Waals surface area contributed by atoms with Crippen molar-refractivity contribution < 1.29 is 83.1 Å². The van der Waals surface area contributed by atoms with Gasteiger partial charge in [-0.2, -0.15) is 44.6 Å². The third-order valence-electron chi connectivity index (χ3n) is 6.41. The van der Waals surface area contributed by atoms with Gasteiger partial charge in [-0.1, -0.05) is 6.07 Å². The molecule has 13 nitrogen and oxygen atoms in total. The highest BCUT2D eigenvalue weighted by Gasteiger charge is 2.39. The molecule has 5 N–H and O–H groups in total. The van der Waals surface area contributed by atoms with Crippen LogP contribution < -0.4 is 15.0 Å². The summed E-state index contributed by atoms with van der Waals surface area (Å²) in [6, 6.07) is 10.4. The van der Waals surface area contributed by atoms with Crippen molar-refractivity contribution in [3.8, 4) is 16.9 Å². The highest BCUT2D eigenvalue weighted by molar-refractivity contribution is 5.97. The lowest BCUT2D eigenvalue weighted by molar-refractivity contribution is -0.193. The Bertz CT molecular complexity index is 1620. The van der Waals surface area contributed by atoms with Crippen molar-refractivity contribution in [2.24, 2.45) is 5.92 Å². The van der Waals surface area contributed by atoms with Gasteiger partial charge in [-0.05, 0) is 62.0 Å². The number of nitrogens with zero attached hydrogens (tertiary/aromatic N) is 3. The Balaban J connectivity index is 0.000000545. The molecule has 1 aromatic heterocycles. The van der Waals surface area contributed by atoms with E-state index < -0.39 is 42.4 Å². The third kappa shape index (κ3) is 16.1. The summed E-state index contributed by atoms with van der Waals surface area (Å²) in [4.78, 5) is 44.0. The minimum Gasteiger partial charge on any atom is -0.492 e. The number of hydrogen-bond acceptors (Lipinski definition) is 8. The molecule has 0 saturated carbocycles. The second-order valence-electron chi connectivity index (χ2n) is 10.8. The number of carboxylic acid groups (broad SMARTS) is 3. The molecule has 4 rings (SSSR count). The lowest BCUT2D eigenvalue weighted by atomic mass is 9.95. The van der Waals surface area contributed by atoms with Crippen molar-refractivity contribution in [1.82, 2.24) is 15.1 Å². The van der Waals surface area contributed by atoms with Crippen LogP contribution >= 0.6 is 0 Å². The number of rotatable bonds is 7. The van der Waals surface area contributed by atoms with Crippen LogP contribution in [-0.4, -0.2) is 114 Å². The Labute approximate surface area is 292 Å². The number of anilines is 2. The average Bonchev–Trinajstić information content (AvgIpc) is 3.58. The van der Waals surface area contributed by atoms with Gasteiger partial charge < -0.3 is 35.2 Å². The van der Waals surface area contributed by atoms with Crippen molar-refractivity contribution >= 4 is 35.2 Å². The van der Waals surface area contributed by atoms with E-state index in [9.17, 15) is 48.7 Å². The van der Waals surface area contributed by atoms with Gasteiger partial charge in [-0.25, -0.2) is 18.8 Å². The molecule has 1 aliphatic heterocycles. The monoisotopic (exact) mass is 779 g/mol. The Hall–Kier alpha value is -5.61. The van der Waals surface area contributed by atoms with E-state index in [2.05, 4.69) is 31.4 Å². The summed E-state index contributed by atoms with van der Waals surface area (Å²) < 4.78 is 115. The van der Waals surface area contributed by atoms with E-state index >= 15 is 0 Å². The molecule has 1 unspecified atom stereocenters. The first-order valence-corrected chi connectivity index (χ1v) is 14.4. The van der Waals surface area contributed by atoms with Crippen LogP contribution in [0.15, 0.2) is 48.8 Å². The fourth-order valence-corrected chi connectivity index (χ4v) is 3.78. The zero-order valence-electron chi connectivity index (χ0n) is 27.5. The highest BCUT2D eigenvalue weighted by atomic mass is 19.4. The van der Waals surface area contributed by atoms with Gasteiger partial charge in [0.2, 0.25) is 5.91 Å². The summed E-state index contributed by atoms with van der Waals surface area (Å²) in [7, 11) is 6.07. The number of amides is 1. The van der Waals surface area contributed by atoms with E-state index in [0.29, 0.717) is 12.2 Å². The second kappa shape index (κ2) is 19.3. The van der Waals surface area contributed by atoms with Crippen LogP contribution in [-0.2, 0) is 25.6 Å². The first kappa shape index (κ1) is 45.4. The van der Waals surface area contributed by atoms with Crippen LogP contribution in [0.25, 0.3) is 11.1 Å². The first-order valence-electron chi connectivity index (χ1n) is 14.4. The van der Waals surface area contributed by atoms with Gasteiger partial charge in [0.05, 0.1) is 23.5 Å². The smallest absolute Gasteiger partial charge is 0.490 e. The van der Waals surface area contributed by atoms with Crippen molar-refractivity contribution in [2.75, 3.05) is 51.1 Å². The first-order chi connectivity index (χ1) is 24.2. The molecule has 1 aliphatic rings. The van der Waals surface area contributed by atoms with Gasteiger partial charge in [-0.3, -0.25) is 9.89 Å². The lowest BCUT2D eigenvalue weighted by Crippen LogP contribution is -2.33. The summed E-state index contributed by atoms with van der Waals surface area (Å²) in [6.45, 7) is 1.94. The maximum atomic E-state index is 13.6. The molecule has 0 bridgehead atoms. The number of nitrogens with one attached hydrogen (secondary N) is 2. The van der Waals surface area contributed by atoms with Crippen LogP contribution in [0.5, 0.6) is 5.75 Å². The number of carboxylic acids is 3. The summed E-state index contributed by atoms with van der Waals surface area (Å²) in [6.07, 6.45) is -11.2. The van der Waals surface area contributed by atoms with E-state index in [1.54, 1.807) is 12.3 Å². The maximum absolute atomic E-state index is 13.6. The molecule has 1 atom stereocenters. The van der Waals surface area contributed by atoms with Gasteiger partial charge in [0, 0.05) is 31.9 Å². The molecule has 2 heterocycles. The zero-order valence-corrected chi connectivity index (χ0v) is 27.5. The molecular weight excluding hydrogens is 748 g/mol. The molecule has 23 heteroatoms. The SMILES string of the molecule is CN(C)CCN(C)c1cc(-c2cn[nH]c2)ccc1NC(=O)C1COc2ccc(F)cc2C1.O=C(O)C(F)(F)F.O=C(O)C(F)(F)F.O=C(O)C(F)(F)F. The van der Waals surface area contributed by atoms with Gasteiger partial charge >= 0.3 is 36.4 Å². The Morgan fingerprint density at radius 1 is 0.830 bits per heavy atom. The van der Waals surface area contributed by atoms with Gasteiger partial charge in [0.15, 0.2) is 0 Å². The Morgan fingerprint density at radius 3 is 1.81 bits per heavy atom. The fourth-order valence-electron chi connectivity index (χ4n) is 3.78. The number of likely N-dealkylation sites (N-methyl/N-ethyl adjacent to an activating group) is 2. The van der Waals surface area contributed by atoms with Crippen LogP contribution in [0.3, 0.4) is 0 Å².